The molecule has 0 spiro atoms. The van der Waals surface area contributed by atoms with Crippen molar-refractivity contribution in [2.75, 3.05) is 13.1 Å². The van der Waals surface area contributed by atoms with Gasteiger partial charge >= 0.3 is 0 Å². The Labute approximate surface area is 176 Å². The third-order valence-electron chi connectivity index (χ3n) is 5.68. The van der Waals surface area contributed by atoms with E-state index in [1.54, 1.807) is 28.4 Å². The summed E-state index contributed by atoms with van der Waals surface area (Å²) < 4.78 is 13.5. The van der Waals surface area contributed by atoms with Gasteiger partial charge in [-0.15, -0.1) is 11.3 Å². The Balaban J connectivity index is 1.91. The lowest BCUT2D eigenvalue weighted by atomic mass is 9.93. The quantitative estimate of drug-likeness (QED) is 0.688. The molecular weight excluding hydrogens is 387 g/mol. The molecule has 2 amide bonds. The second-order valence-electron chi connectivity index (χ2n) is 7.97. The van der Waals surface area contributed by atoms with E-state index in [9.17, 15) is 14.0 Å². The summed E-state index contributed by atoms with van der Waals surface area (Å²) in [6, 6.07) is 8.18. The molecular formula is C23H29FN2O2S. The third-order valence-corrected chi connectivity index (χ3v) is 6.67. The van der Waals surface area contributed by atoms with Gasteiger partial charge in [-0.25, -0.2) is 4.39 Å². The summed E-state index contributed by atoms with van der Waals surface area (Å²) in [5, 5.41) is 2.04. The second kappa shape index (κ2) is 9.08. The van der Waals surface area contributed by atoms with Crippen LogP contribution in [0.3, 0.4) is 0 Å². The molecule has 4 nitrogen and oxygen atoms in total. The number of thiophene rings is 1. The van der Waals surface area contributed by atoms with Crippen LogP contribution in [0.15, 0.2) is 35.7 Å². The van der Waals surface area contributed by atoms with E-state index in [1.807, 2.05) is 38.0 Å². The van der Waals surface area contributed by atoms with E-state index in [2.05, 4.69) is 6.07 Å². The minimum absolute atomic E-state index is 0.000352. The maximum atomic E-state index is 13.5. The highest BCUT2D eigenvalue weighted by Crippen LogP contribution is 2.38. The molecule has 1 aromatic heterocycles. The molecule has 2 heterocycles. The summed E-state index contributed by atoms with van der Waals surface area (Å²) in [6.07, 6.45) is 1.60. The molecule has 0 N–H and O–H groups in total. The van der Waals surface area contributed by atoms with Crippen LogP contribution in [0.4, 0.5) is 4.39 Å². The number of nitrogens with zero attached hydrogens (tertiary/aromatic N) is 2. The fraction of sp³-hybridized carbons (Fsp3) is 0.478. The lowest BCUT2D eigenvalue weighted by Crippen LogP contribution is -2.50. The van der Waals surface area contributed by atoms with E-state index < -0.39 is 0 Å². The van der Waals surface area contributed by atoms with Crippen LogP contribution in [-0.2, 0) is 16.0 Å². The Kier molecular flexibility index (Phi) is 6.73. The van der Waals surface area contributed by atoms with Gasteiger partial charge in [0.1, 0.15) is 12.4 Å². The maximum absolute atomic E-state index is 13.5. The van der Waals surface area contributed by atoms with Gasteiger partial charge in [-0.05, 0) is 54.5 Å². The Morgan fingerprint density at radius 3 is 2.52 bits per heavy atom. The molecule has 2 aromatic rings. The van der Waals surface area contributed by atoms with Crippen LogP contribution < -0.4 is 0 Å². The van der Waals surface area contributed by atoms with Gasteiger partial charge in [-0.3, -0.25) is 9.59 Å². The highest BCUT2D eigenvalue weighted by molar-refractivity contribution is 7.10. The Hall–Kier alpha value is -2.21. The van der Waals surface area contributed by atoms with Gasteiger partial charge in [0.05, 0.1) is 6.04 Å². The summed E-state index contributed by atoms with van der Waals surface area (Å²) in [5.41, 5.74) is 2.00. The van der Waals surface area contributed by atoms with Gasteiger partial charge in [0, 0.05) is 23.4 Å². The first-order chi connectivity index (χ1) is 13.8. The molecule has 0 unspecified atom stereocenters. The molecule has 1 aliphatic rings. The van der Waals surface area contributed by atoms with Crippen LogP contribution >= 0.6 is 11.3 Å². The summed E-state index contributed by atoms with van der Waals surface area (Å²) in [5.74, 6) is -0.516. The molecule has 1 aromatic carbocycles. The number of halogens is 1. The highest BCUT2D eigenvalue weighted by atomic mass is 32.1. The smallest absolute Gasteiger partial charge is 0.243 e. The molecule has 156 valence electrons. The minimum Gasteiger partial charge on any atom is -0.330 e. The lowest BCUT2D eigenvalue weighted by Gasteiger charge is -2.38. The molecule has 0 fully saturated rings. The first-order valence-corrected chi connectivity index (χ1v) is 11.1. The van der Waals surface area contributed by atoms with Crippen molar-refractivity contribution in [1.82, 2.24) is 9.80 Å². The number of amides is 2. The zero-order chi connectivity index (χ0) is 21.1. The van der Waals surface area contributed by atoms with Crippen molar-refractivity contribution in [2.45, 2.75) is 52.6 Å². The molecule has 0 saturated carbocycles. The number of carbonyl (C=O) groups excluding carboxylic acids is 2. The number of hydrogen-bond acceptors (Lipinski definition) is 3. The van der Waals surface area contributed by atoms with Crippen molar-refractivity contribution in [3.63, 3.8) is 0 Å². The van der Waals surface area contributed by atoms with Crippen molar-refractivity contribution < 1.29 is 14.0 Å². The summed E-state index contributed by atoms with van der Waals surface area (Å²) in [6.45, 7) is 8.40. The van der Waals surface area contributed by atoms with Gasteiger partial charge in [0.2, 0.25) is 11.8 Å². The van der Waals surface area contributed by atoms with Crippen molar-refractivity contribution in [2.24, 2.45) is 5.92 Å². The first-order valence-electron chi connectivity index (χ1n) is 10.2. The zero-order valence-corrected chi connectivity index (χ0v) is 18.3. The van der Waals surface area contributed by atoms with E-state index in [0.717, 1.165) is 24.0 Å². The molecule has 6 heteroatoms. The maximum Gasteiger partial charge on any atom is 0.243 e. The van der Waals surface area contributed by atoms with Gasteiger partial charge < -0.3 is 9.80 Å². The van der Waals surface area contributed by atoms with Crippen LogP contribution in [0.2, 0.25) is 0 Å². The molecule has 29 heavy (non-hydrogen) atoms. The summed E-state index contributed by atoms with van der Waals surface area (Å²) >= 11 is 1.70. The molecule has 1 aliphatic heterocycles. The predicted octanol–water partition coefficient (Wildman–Crippen LogP) is 4.64. The largest absolute Gasteiger partial charge is 0.330 e. The van der Waals surface area contributed by atoms with Crippen LogP contribution in [-0.4, -0.2) is 40.7 Å². The number of benzene rings is 1. The molecule has 3 rings (SSSR count). The molecule has 0 radical (unpaired) electrons. The average molecular weight is 417 g/mol. The van der Waals surface area contributed by atoms with Crippen LogP contribution in [0.25, 0.3) is 0 Å². The molecule has 0 bridgehead atoms. The van der Waals surface area contributed by atoms with E-state index in [4.69, 9.17) is 0 Å². The lowest BCUT2D eigenvalue weighted by molar-refractivity contribution is -0.145. The summed E-state index contributed by atoms with van der Waals surface area (Å²) in [7, 11) is 0. The minimum atomic E-state index is -0.293. The number of fused-ring (bicyclic) bond motifs is 1. The van der Waals surface area contributed by atoms with Crippen molar-refractivity contribution in [3.05, 3.63) is 57.5 Å². The second-order valence-corrected chi connectivity index (χ2v) is 8.97. The van der Waals surface area contributed by atoms with Gasteiger partial charge in [0.15, 0.2) is 0 Å². The Morgan fingerprint density at radius 1 is 1.21 bits per heavy atom. The standard InChI is InChI=1S/C23H29FN2O2S/c1-5-16(4)26(23(28)15(2)3)14-21(27)25-12-10-20-19(11-13-29-20)22(25)17-6-8-18(24)9-7-17/h6-9,11,13,15-16,22H,5,10,12,14H2,1-4H3/t16-,22+/m0/s1. The monoisotopic (exact) mass is 416 g/mol. The van der Waals surface area contributed by atoms with E-state index >= 15 is 0 Å². The number of rotatable bonds is 6. The first kappa shape index (κ1) is 21.5. The Morgan fingerprint density at radius 2 is 1.90 bits per heavy atom. The fourth-order valence-electron chi connectivity index (χ4n) is 3.83. The van der Waals surface area contributed by atoms with Crippen LogP contribution in [0, 0.1) is 11.7 Å². The molecule has 0 aliphatic carbocycles. The zero-order valence-electron chi connectivity index (χ0n) is 17.5. The van der Waals surface area contributed by atoms with E-state index in [-0.39, 0.29) is 42.2 Å². The van der Waals surface area contributed by atoms with E-state index in [0.29, 0.717) is 6.54 Å². The normalized spacial score (nSPS) is 17.2. The van der Waals surface area contributed by atoms with Crippen LogP contribution in [0.5, 0.6) is 0 Å². The predicted molar refractivity (Wildman–Crippen MR) is 114 cm³/mol. The van der Waals surface area contributed by atoms with Gasteiger partial charge in [-0.1, -0.05) is 32.9 Å². The van der Waals surface area contributed by atoms with Crippen LogP contribution in [0.1, 0.15) is 56.2 Å². The molecule has 0 saturated heterocycles. The summed E-state index contributed by atoms with van der Waals surface area (Å²) in [4.78, 5) is 30.9. The van der Waals surface area contributed by atoms with E-state index in [1.165, 1.54) is 17.0 Å². The number of hydrogen-bond donors (Lipinski definition) is 0. The average Bonchev–Trinajstić information content (AvgIpc) is 3.19. The Bertz CT molecular complexity index is 862. The van der Waals surface area contributed by atoms with Crippen molar-refractivity contribution in [3.8, 4) is 0 Å². The number of carbonyl (C=O) groups is 2. The molecule has 2 atom stereocenters. The SMILES string of the molecule is CC[C@H](C)N(CC(=O)N1CCc2sccc2[C@H]1c1ccc(F)cc1)C(=O)C(C)C. The van der Waals surface area contributed by atoms with Crippen molar-refractivity contribution >= 4 is 23.2 Å². The van der Waals surface area contributed by atoms with Crippen molar-refractivity contribution in [1.29, 1.82) is 0 Å². The van der Waals surface area contributed by atoms with Gasteiger partial charge in [0.25, 0.3) is 0 Å². The highest BCUT2D eigenvalue weighted by Gasteiger charge is 2.34. The topological polar surface area (TPSA) is 40.6 Å². The van der Waals surface area contributed by atoms with Gasteiger partial charge in [-0.2, -0.15) is 0 Å². The third kappa shape index (κ3) is 4.53. The fourth-order valence-corrected chi connectivity index (χ4v) is 4.73.